The molecule has 0 aromatic heterocycles. The van der Waals surface area contributed by atoms with Crippen molar-refractivity contribution in [3.63, 3.8) is 0 Å². The van der Waals surface area contributed by atoms with Crippen molar-refractivity contribution in [2.75, 3.05) is 13.2 Å². The molecule has 0 radical (unpaired) electrons. The highest BCUT2D eigenvalue weighted by Gasteiger charge is 2.19. The number of esters is 3. The fourth-order valence-corrected chi connectivity index (χ4v) is 10.4. The van der Waals surface area contributed by atoms with Crippen LogP contribution in [0.4, 0.5) is 0 Å². The number of rotatable bonds is 65. The molecule has 81 heavy (non-hydrogen) atoms. The first-order chi connectivity index (χ1) is 40.0. The molecule has 0 aliphatic rings. The lowest BCUT2D eigenvalue weighted by Gasteiger charge is -2.18. The van der Waals surface area contributed by atoms with Crippen LogP contribution in [0.1, 0.15) is 367 Å². The lowest BCUT2D eigenvalue weighted by Crippen LogP contribution is -2.30. The summed E-state index contributed by atoms with van der Waals surface area (Å²) in [5.41, 5.74) is 0. The molecule has 470 valence electrons. The van der Waals surface area contributed by atoms with Crippen LogP contribution in [0.5, 0.6) is 0 Å². The van der Waals surface area contributed by atoms with E-state index < -0.39 is 6.10 Å². The van der Waals surface area contributed by atoms with Gasteiger partial charge in [-0.3, -0.25) is 14.4 Å². The van der Waals surface area contributed by atoms with E-state index >= 15 is 0 Å². The Kier molecular flexibility index (Phi) is 66.6. The van der Waals surface area contributed by atoms with Crippen molar-refractivity contribution in [1.82, 2.24) is 0 Å². The average molecular weight is 1130 g/mol. The monoisotopic (exact) mass is 1130 g/mol. The quantitative estimate of drug-likeness (QED) is 0.0261. The molecule has 0 saturated heterocycles. The van der Waals surface area contributed by atoms with Crippen LogP contribution in [0, 0.1) is 0 Å². The minimum Gasteiger partial charge on any atom is -0.462 e. The van der Waals surface area contributed by atoms with E-state index in [1.807, 2.05) is 0 Å². The second kappa shape index (κ2) is 69.3. The van der Waals surface area contributed by atoms with Crippen molar-refractivity contribution in [3.8, 4) is 0 Å². The van der Waals surface area contributed by atoms with Crippen LogP contribution in [0.15, 0.2) is 72.9 Å². The Bertz CT molecular complexity index is 1490. The summed E-state index contributed by atoms with van der Waals surface area (Å²) in [6, 6.07) is 0. The van der Waals surface area contributed by atoms with Crippen molar-refractivity contribution in [1.29, 1.82) is 0 Å². The van der Waals surface area contributed by atoms with Gasteiger partial charge in [0.25, 0.3) is 0 Å². The highest BCUT2D eigenvalue weighted by atomic mass is 16.6. The smallest absolute Gasteiger partial charge is 0.306 e. The lowest BCUT2D eigenvalue weighted by molar-refractivity contribution is -0.167. The summed E-state index contributed by atoms with van der Waals surface area (Å²) in [6.07, 6.45) is 90.8. The van der Waals surface area contributed by atoms with E-state index in [4.69, 9.17) is 14.2 Å². The molecule has 6 heteroatoms. The minimum atomic E-state index is -0.785. The van der Waals surface area contributed by atoms with Gasteiger partial charge in [0.1, 0.15) is 13.2 Å². The number of carbonyl (C=O) groups is 3. The molecule has 0 saturated carbocycles. The summed E-state index contributed by atoms with van der Waals surface area (Å²) >= 11 is 0. The van der Waals surface area contributed by atoms with Gasteiger partial charge in [-0.05, 0) is 89.9 Å². The van der Waals surface area contributed by atoms with Gasteiger partial charge in [0.2, 0.25) is 0 Å². The summed E-state index contributed by atoms with van der Waals surface area (Å²) in [6.45, 7) is 6.55. The Morgan fingerprint density at radius 3 is 0.778 bits per heavy atom. The molecule has 0 aromatic carbocycles. The van der Waals surface area contributed by atoms with Gasteiger partial charge in [-0.15, -0.1) is 0 Å². The molecule has 1 unspecified atom stereocenters. The summed E-state index contributed by atoms with van der Waals surface area (Å²) in [7, 11) is 0. The molecule has 0 aromatic rings. The van der Waals surface area contributed by atoms with Gasteiger partial charge in [0.15, 0.2) is 6.10 Å². The standard InChI is InChI=1S/C75H134O6/c1-4-7-10-13-16-19-22-25-27-29-31-33-35-36-37-38-40-41-43-45-47-50-53-56-59-62-65-68-74(77)80-71-72(70-79-73(76)67-64-61-58-55-52-49-24-21-18-15-12-9-6-3)81-75(78)69-66-63-60-57-54-51-48-46-44-42-39-34-32-30-28-26-23-20-17-14-11-8-5-2/h8,11,17,20-21,24,26,28,32,34,42,44,72H,4-7,9-10,12-16,18-19,22-23,25,27,29-31,33,35-41,43,45-71H2,1-3H3/b11-8-,20-17-,24-21-,28-26-,34-32-,44-42-. The zero-order valence-electron chi connectivity index (χ0n) is 54.1. The van der Waals surface area contributed by atoms with Gasteiger partial charge >= 0.3 is 17.9 Å². The van der Waals surface area contributed by atoms with E-state index in [0.717, 1.165) is 103 Å². The summed E-state index contributed by atoms with van der Waals surface area (Å²) < 4.78 is 17.0. The maximum absolute atomic E-state index is 12.9. The van der Waals surface area contributed by atoms with Crippen molar-refractivity contribution < 1.29 is 28.6 Å². The molecule has 0 heterocycles. The SMILES string of the molecule is CC/C=C\C/C=C\C/C=C\C/C=C\C/C=C\CCCCCCCCCC(=O)OC(COC(=O)CCCCCCC/C=C\CCCCCC)COC(=O)CCCCCCCCCCCCCCCCCCCCCCCCCCCCC. The molecule has 1 atom stereocenters. The third-order valence-electron chi connectivity index (χ3n) is 15.7. The summed E-state index contributed by atoms with van der Waals surface area (Å²) in [5.74, 6) is -0.879. The van der Waals surface area contributed by atoms with Crippen molar-refractivity contribution in [2.45, 2.75) is 374 Å². The van der Waals surface area contributed by atoms with Crippen molar-refractivity contribution in [3.05, 3.63) is 72.9 Å². The van der Waals surface area contributed by atoms with Gasteiger partial charge in [-0.1, -0.05) is 331 Å². The van der Waals surface area contributed by atoms with Crippen LogP contribution >= 0.6 is 0 Å². The molecular formula is C75H134O6. The van der Waals surface area contributed by atoms with Crippen LogP contribution < -0.4 is 0 Å². The topological polar surface area (TPSA) is 78.9 Å². The van der Waals surface area contributed by atoms with E-state index in [1.165, 1.54) is 225 Å². The van der Waals surface area contributed by atoms with E-state index in [1.54, 1.807) is 0 Å². The normalized spacial score (nSPS) is 12.5. The predicted molar refractivity (Wildman–Crippen MR) is 353 cm³/mol. The third-order valence-corrected chi connectivity index (χ3v) is 15.7. The van der Waals surface area contributed by atoms with E-state index in [2.05, 4.69) is 93.7 Å². The Hall–Kier alpha value is -3.15. The van der Waals surface area contributed by atoms with Gasteiger partial charge in [0.05, 0.1) is 0 Å². The summed E-state index contributed by atoms with van der Waals surface area (Å²) in [4.78, 5) is 38.4. The van der Waals surface area contributed by atoms with Crippen LogP contribution in [0.3, 0.4) is 0 Å². The number of allylic oxidation sites excluding steroid dienone is 12. The Morgan fingerprint density at radius 1 is 0.259 bits per heavy atom. The molecular weight excluding hydrogens is 997 g/mol. The van der Waals surface area contributed by atoms with Gasteiger partial charge < -0.3 is 14.2 Å². The van der Waals surface area contributed by atoms with Gasteiger partial charge in [-0.2, -0.15) is 0 Å². The van der Waals surface area contributed by atoms with Crippen LogP contribution in [0.25, 0.3) is 0 Å². The predicted octanol–water partition coefficient (Wildman–Crippen LogP) is 24.4. The first-order valence-electron chi connectivity index (χ1n) is 35.4. The maximum Gasteiger partial charge on any atom is 0.306 e. The van der Waals surface area contributed by atoms with Gasteiger partial charge in [-0.25, -0.2) is 0 Å². The highest BCUT2D eigenvalue weighted by molar-refractivity contribution is 5.71. The van der Waals surface area contributed by atoms with Crippen molar-refractivity contribution >= 4 is 17.9 Å². The molecule has 0 bridgehead atoms. The number of carbonyl (C=O) groups excluding carboxylic acids is 3. The molecule has 0 aliphatic carbocycles. The Morgan fingerprint density at radius 2 is 0.481 bits per heavy atom. The average Bonchev–Trinajstić information content (AvgIpc) is 3.46. The zero-order chi connectivity index (χ0) is 58.5. The number of hydrogen-bond donors (Lipinski definition) is 0. The van der Waals surface area contributed by atoms with Gasteiger partial charge in [0, 0.05) is 19.3 Å². The Balaban J connectivity index is 4.26. The maximum atomic E-state index is 12.9. The van der Waals surface area contributed by atoms with E-state index in [0.29, 0.717) is 19.3 Å². The fraction of sp³-hybridized carbons (Fsp3) is 0.800. The first-order valence-corrected chi connectivity index (χ1v) is 35.4. The third kappa shape index (κ3) is 67.5. The minimum absolute atomic E-state index is 0.0792. The number of ether oxygens (including phenoxy) is 3. The molecule has 0 N–H and O–H groups in total. The lowest BCUT2D eigenvalue weighted by atomic mass is 10.0. The molecule has 0 fully saturated rings. The molecule has 0 spiro atoms. The fourth-order valence-electron chi connectivity index (χ4n) is 10.4. The largest absolute Gasteiger partial charge is 0.462 e. The second-order valence-corrected chi connectivity index (χ2v) is 23.8. The van der Waals surface area contributed by atoms with E-state index in [9.17, 15) is 14.4 Å². The number of hydrogen-bond acceptors (Lipinski definition) is 6. The van der Waals surface area contributed by atoms with Crippen LogP contribution in [0.2, 0.25) is 0 Å². The Labute approximate surface area is 503 Å². The first kappa shape index (κ1) is 77.9. The van der Waals surface area contributed by atoms with Crippen molar-refractivity contribution in [2.24, 2.45) is 0 Å². The molecule has 0 amide bonds. The molecule has 6 nitrogen and oxygen atoms in total. The second-order valence-electron chi connectivity index (χ2n) is 23.8. The van der Waals surface area contributed by atoms with E-state index in [-0.39, 0.29) is 31.1 Å². The highest BCUT2D eigenvalue weighted by Crippen LogP contribution is 2.18. The summed E-state index contributed by atoms with van der Waals surface area (Å²) in [5, 5.41) is 0. The van der Waals surface area contributed by atoms with Crippen LogP contribution in [-0.4, -0.2) is 37.2 Å². The zero-order valence-corrected chi connectivity index (χ0v) is 54.1. The molecule has 0 rings (SSSR count). The van der Waals surface area contributed by atoms with Crippen LogP contribution in [-0.2, 0) is 28.6 Å². The number of unbranched alkanes of at least 4 members (excludes halogenated alkanes) is 42. The molecule has 0 aliphatic heterocycles.